The third kappa shape index (κ3) is 8.13. The maximum absolute atomic E-state index is 5.88. The van der Waals surface area contributed by atoms with E-state index in [1.165, 1.54) is 50.3 Å². The normalized spacial score (nSPS) is 10.4. The molecule has 0 saturated carbocycles. The second-order valence-electron chi connectivity index (χ2n) is 6.29. The smallest absolute Gasteiger partial charge is 0.127 e. The maximum Gasteiger partial charge on any atom is 0.127 e. The van der Waals surface area contributed by atoms with Gasteiger partial charge in [0.1, 0.15) is 10.8 Å². The van der Waals surface area contributed by atoms with Crippen LogP contribution in [0.3, 0.4) is 0 Å². The van der Waals surface area contributed by atoms with Crippen LogP contribution < -0.4 is 4.74 Å². The Hall–Kier alpha value is -1.22. The van der Waals surface area contributed by atoms with Gasteiger partial charge in [-0.1, -0.05) is 77.8 Å². The fourth-order valence-corrected chi connectivity index (χ4v) is 3.22. The van der Waals surface area contributed by atoms with Gasteiger partial charge < -0.3 is 4.74 Å². The first-order valence-electron chi connectivity index (χ1n) is 9.82. The highest BCUT2D eigenvalue weighted by Crippen LogP contribution is 2.30. The third-order valence-electron chi connectivity index (χ3n) is 4.14. The quantitative estimate of drug-likeness (QED) is 0.323. The summed E-state index contributed by atoms with van der Waals surface area (Å²) in [4.78, 5) is 4.38. The van der Waals surface area contributed by atoms with Crippen LogP contribution in [-0.2, 0) is 0 Å². The molecule has 0 aliphatic carbocycles. The van der Waals surface area contributed by atoms with E-state index in [0.29, 0.717) is 0 Å². The molecule has 0 amide bonds. The van der Waals surface area contributed by atoms with Crippen molar-refractivity contribution in [2.45, 2.75) is 77.2 Å². The monoisotopic (exact) mass is 361 g/mol. The molecular formula is C22H35NOS. The number of pyridine rings is 1. The van der Waals surface area contributed by atoms with E-state index >= 15 is 0 Å². The zero-order chi connectivity index (χ0) is 18.3. The standard InChI is InChI=1S/C15H19NOS.C7H16/c1-3-4-5-11-17-14-8-6-7-13-12(14)9-10-16-15(13)18-2;1-3-5-7-6-4-2/h6-10H,3-5,11H2,1-2H3;3-7H2,1-2H3. The molecule has 0 atom stereocenters. The summed E-state index contributed by atoms with van der Waals surface area (Å²) in [7, 11) is 0. The van der Waals surface area contributed by atoms with Crippen LogP contribution in [0.2, 0.25) is 0 Å². The first-order valence-corrected chi connectivity index (χ1v) is 11.0. The molecule has 0 spiro atoms. The Bertz CT molecular complexity index is 581. The van der Waals surface area contributed by atoms with E-state index in [-0.39, 0.29) is 0 Å². The van der Waals surface area contributed by atoms with Crippen LogP contribution in [0, 0.1) is 0 Å². The van der Waals surface area contributed by atoms with Crippen molar-refractivity contribution in [3.05, 3.63) is 30.5 Å². The summed E-state index contributed by atoms with van der Waals surface area (Å²) in [5.41, 5.74) is 0. The van der Waals surface area contributed by atoms with Crippen molar-refractivity contribution in [1.82, 2.24) is 4.98 Å². The molecule has 140 valence electrons. The molecule has 2 nitrogen and oxygen atoms in total. The van der Waals surface area contributed by atoms with Crippen LogP contribution in [-0.4, -0.2) is 17.8 Å². The molecule has 0 aliphatic heterocycles. The number of fused-ring (bicyclic) bond motifs is 1. The van der Waals surface area contributed by atoms with Gasteiger partial charge in [0, 0.05) is 17.0 Å². The highest BCUT2D eigenvalue weighted by Gasteiger charge is 2.05. The summed E-state index contributed by atoms with van der Waals surface area (Å²) >= 11 is 1.67. The minimum atomic E-state index is 0.796. The lowest BCUT2D eigenvalue weighted by Crippen LogP contribution is -1.97. The van der Waals surface area contributed by atoms with Crippen molar-refractivity contribution in [2.75, 3.05) is 12.9 Å². The van der Waals surface area contributed by atoms with Gasteiger partial charge in [0.25, 0.3) is 0 Å². The number of rotatable bonds is 10. The number of thioether (sulfide) groups is 1. The van der Waals surface area contributed by atoms with Gasteiger partial charge in [-0.15, -0.1) is 11.8 Å². The Balaban J connectivity index is 0.000000381. The first-order chi connectivity index (χ1) is 12.3. The van der Waals surface area contributed by atoms with E-state index < -0.39 is 0 Å². The SMILES string of the molecule is CCCCCCC.CCCCCOc1cccc2c(SC)nccc12. The highest BCUT2D eigenvalue weighted by molar-refractivity contribution is 7.98. The van der Waals surface area contributed by atoms with Crippen molar-refractivity contribution in [3.8, 4) is 5.75 Å². The lowest BCUT2D eigenvalue weighted by molar-refractivity contribution is 0.310. The fraction of sp³-hybridized carbons (Fsp3) is 0.591. The average molecular weight is 362 g/mol. The molecule has 0 fully saturated rings. The predicted octanol–water partition coefficient (Wildman–Crippen LogP) is 7.50. The molecule has 1 aromatic carbocycles. The molecule has 25 heavy (non-hydrogen) atoms. The fourth-order valence-electron chi connectivity index (χ4n) is 2.65. The summed E-state index contributed by atoms with van der Waals surface area (Å²) in [5, 5.41) is 3.40. The molecular weight excluding hydrogens is 326 g/mol. The van der Waals surface area contributed by atoms with Crippen LogP contribution >= 0.6 is 11.8 Å². The van der Waals surface area contributed by atoms with Gasteiger partial charge in [0.15, 0.2) is 0 Å². The predicted molar refractivity (Wildman–Crippen MR) is 113 cm³/mol. The minimum Gasteiger partial charge on any atom is -0.493 e. The molecule has 0 aliphatic rings. The van der Waals surface area contributed by atoms with E-state index in [9.17, 15) is 0 Å². The Morgan fingerprint density at radius 3 is 2.16 bits per heavy atom. The van der Waals surface area contributed by atoms with Crippen LogP contribution in [0.15, 0.2) is 35.5 Å². The summed E-state index contributed by atoms with van der Waals surface area (Å²) in [6.45, 7) is 7.49. The number of hydrogen-bond acceptors (Lipinski definition) is 3. The van der Waals surface area contributed by atoms with Gasteiger partial charge in [-0.25, -0.2) is 4.98 Å². The zero-order valence-electron chi connectivity index (χ0n) is 16.5. The summed E-state index contributed by atoms with van der Waals surface area (Å²) in [6.07, 6.45) is 14.5. The van der Waals surface area contributed by atoms with Gasteiger partial charge in [-0.05, 0) is 24.8 Å². The van der Waals surface area contributed by atoms with Gasteiger partial charge in [0.05, 0.1) is 6.61 Å². The minimum absolute atomic E-state index is 0.796. The van der Waals surface area contributed by atoms with Crippen molar-refractivity contribution >= 4 is 22.5 Å². The van der Waals surface area contributed by atoms with Crippen molar-refractivity contribution in [2.24, 2.45) is 0 Å². The van der Waals surface area contributed by atoms with E-state index in [1.54, 1.807) is 11.8 Å². The average Bonchev–Trinajstić information content (AvgIpc) is 2.66. The maximum atomic E-state index is 5.88. The molecule has 2 rings (SSSR count). The van der Waals surface area contributed by atoms with Crippen LogP contribution in [0.4, 0.5) is 0 Å². The molecule has 1 heterocycles. The largest absolute Gasteiger partial charge is 0.493 e. The Morgan fingerprint density at radius 2 is 1.52 bits per heavy atom. The molecule has 1 aromatic heterocycles. The number of aromatic nitrogens is 1. The molecule has 0 N–H and O–H groups in total. The zero-order valence-corrected chi connectivity index (χ0v) is 17.3. The lowest BCUT2D eigenvalue weighted by Gasteiger charge is -2.10. The third-order valence-corrected chi connectivity index (χ3v) is 4.85. The first kappa shape index (κ1) is 21.8. The van der Waals surface area contributed by atoms with E-state index in [4.69, 9.17) is 4.74 Å². The molecule has 0 saturated heterocycles. The molecule has 2 aromatic rings. The van der Waals surface area contributed by atoms with E-state index in [2.05, 4.69) is 38.1 Å². The molecule has 0 unspecified atom stereocenters. The van der Waals surface area contributed by atoms with Gasteiger partial charge in [0.2, 0.25) is 0 Å². The van der Waals surface area contributed by atoms with Gasteiger partial charge in [-0.3, -0.25) is 0 Å². The summed E-state index contributed by atoms with van der Waals surface area (Å²) in [6, 6.07) is 8.22. The Labute approximate surface area is 158 Å². The number of nitrogens with zero attached hydrogens (tertiary/aromatic N) is 1. The number of ether oxygens (including phenoxy) is 1. The number of hydrogen-bond donors (Lipinski definition) is 0. The van der Waals surface area contributed by atoms with Crippen molar-refractivity contribution in [3.63, 3.8) is 0 Å². The van der Waals surface area contributed by atoms with Gasteiger partial charge >= 0.3 is 0 Å². The summed E-state index contributed by atoms with van der Waals surface area (Å²) in [5.74, 6) is 0.973. The molecule has 0 radical (unpaired) electrons. The Morgan fingerprint density at radius 1 is 0.840 bits per heavy atom. The topological polar surface area (TPSA) is 22.1 Å². The van der Waals surface area contributed by atoms with Crippen molar-refractivity contribution < 1.29 is 4.74 Å². The molecule has 3 heteroatoms. The van der Waals surface area contributed by atoms with E-state index in [0.717, 1.165) is 29.2 Å². The van der Waals surface area contributed by atoms with Gasteiger partial charge in [-0.2, -0.15) is 0 Å². The van der Waals surface area contributed by atoms with Crippen LogP contribution in [0.5, 0.6) is 5.75 Å². The number of unbranched alkanes of at least 4 members (excludes halogenated alkanes) is 6. The second-order valence-corrected chi connectivity index (χ2v) is 7.08. The van der Waals surface area contributed by atoms with E-state index in [1.807, 2.05) is 24.4 Å². The lowest BCUT2D eigenvalue weighted by atomic mass is 10.1. The Kier molecular flexibility index (Phi) is 12.2. The second kappa shape index (κ2) is 14.0. The van der Waals surface area contributed by atoms with Crippen LogP contribution in [0.25, 0.3) is 10.8 Å². The highest BCUT2D eigenvalue weighted by atomic mass is 32.2. The molecule has 0 bridgehead atoms. The van der Waals surface area contributed by atoms with Crippen LogP contribution in [0.1, 0.15) is 72.1 Å². The summed E-state index contributed by atoms with van der Waals surface area (Å²) < 4.78 is 5.88. The van der Waals surface area contributed by atoms with Crippen molar-refractivity contribution in [1.29, 1.82) is 0 Å². The number of benzene rings is 1.